The highest BCUT2D eigenvalue weighted by Crippen LogP contribution is 2.31. The van der Waals surface area contributed by atoms with Gasteiger partial charge in [0.05, 0.1) is 6.20 Å². The first-order valence-electron chi connectivity index (χ1n) is 6.27. The molecule has 2 atom stereocenters. The summed E-state index contributed by atoms with van der Waals surface area (Å²) in [5.41, 5.74) is 5.91. The predicted octanol–water partition coefficient (Wildman–Crippen LogP) is 1.55. The normalized spacial score (nSPS) is 16.1. The molecular formula is C13H21Cl2N3O2. The second-order valence-electron chi connectivity index (χ2n) is 4.70. The van der Waals surface area contributed by atoms with Gasteiger partial charge in [-0.2, -0.15) is 0 Å². The van der Waals surface area contributed by atoms with Crippen molar-refractivity contribution in [3.05, 3.63) is 24.5 Å². The van der Waals surface area contributed by atoms with Gasteiger partial charge in [-0.25, -0.2) is 0 Å². The lowest BCUT2D eigenvalue weighted by molar-refractivity contribution is -0.127. The van der Waals surface area contributed by atoms with Crippen LogP contribution in [0.2, 0.25) is 0 Å². The average Bonchev–Trinajstić information content (AvgIpc) is 3.21. The van der Waals surface area contributed by atoms with Crippen LogP contribution in [0.1, 0.15) is 19.8 Å². The molecule has 114 valence electrons. The van der Waals surface area contributed by atoms with Crippen molar-refractivity contribution in [2.24, 2.45) is 11.7 Å². The molecule has 1 fully saturated rings. The number of carbonyl (C=O) groups is 1. The summed E-state index contributed by atoms with van der Waals surface area (Å²) >= 11 is 0. The lowest BCUT2D eigenvalue weighted by atomic mass is 10.2. The fourth-order valence-electron chi connectivity index (χ4n) is 1.73. The first-order valence-corrected chi connectivity index (χ1v) is 6.27. The van der Waals surface area contributed by atoms with E-state index in [-0.39, 0.29) is 36.8 Å². The first-order chi connectivity index (χ1) is 8.66. The molecule has 1 aliphatic rings. The Morgan fingerprint density at radius 3 is 2.80 bits per heavy atom. The van der Waals surface area contributed by atoms with Crippen molar-refractivity contribution in [3.63, 3.8) is 0 Å². The van der Waals surface area contributed by atoms with Crippen LogP contribution in [-0.4, -0.2) is 29.6 Å². The molecule has 1 aliphatic carbocycles. The van der Waals surface area contributed by atoms with Gasteiger partial charge in [0, 0.05) is 18.8 Å². The molecular weight excluding hydrogens is 301 g/mol. The van der Waals surface area contributed by atoms with Crippen molar-refractivity contribution in [2.45, 2.75) is 31.9 Å². The molecule has 20 heavy (non-hydrogen) atoms. The molecule has 0 spiro atoms. The van der Waals surface area contributed by atoms with Gasteiger partial charge in [0.15, 0.2) is 6.10 Å². The summed E-state index contributed by atoms with van der Waals surface area (Å²) in [7, 11) is 0. The van der Waals surface area contributed by atoms with Gasteiger partial charge in [0.2, 0.25) is 0 Å². The monoisotopic (exact) mass is 321 g/mol. The van der Waals surface area contributed by atoms with Crippen molar-refractivity contribution in [3.8, 4) is 5.75 Å². The Hall–Kier alpha value is -1.04. The molecule has 1 saturated carbocycles. The van der Waals surface area contributed by atoms with E-state index in [4.69, 9.17) is 10.5 Å². The van der Waals surface area contributed by atoms with Crippen molar-refractivity contribution in [1.29, 1.82) is 0 Å². The van der Waals surface area contributed by atoms with E-state index in [0.717, 1.165) is 0 Å². The average molecular weight is 322 g/mol. The van der Waals surface area contributed by atoms with Gasteiger partial charge in [-0.1, -0.05) is 0 Å². The van der Waals surface area contributed by atoms with Crippen molar-refractivity contribution in [2.75, 3.05) is 6.54 Å². The van der Waals surface area contributed by atoms with Crippen LogP contribution in [-0.2, 0) is 4.79 Å². The minimum Gasteiger partial charge on any atom is -0.479 e. The molecule has 0 bridgehead atoms. The van der Waals surface area contributed by atoms with Crippen molar-refractivity contribution >= 4 is 30.7 Å². The van der Waals surface area contributed by atoms with E-state index in [1.54, 1.807) is 31.5 Å². The number of hydrogen-bond donors (Lipinski definition) is 2. The summed E-state index contributed by atoms with van der Waals surface area (Å²) in [6.07, 6.45) is 5.06. The van der Waals surface area contributed by atoms with Crippen molar-refractivity contribution in [1.82, 2.24) is 10.3 Å². The standard InChI is InChI=1S/C13H19N3O2.2ClH/c1-9(18-11-3-2-6-15-7-11)13(17)16-8-12(14)10-4-5-10;;/h2-3,6-7,9-10,12H,4-5,8,14H2,1H3,(H,16,17);2*1H. The summed E-state index contributed by atoms with van der Waals surface area (Å²) in [5, 5.41) is 2.81. The zero-order chi connectivity index (χ0) is 13.0. The summed E-state index contributed by atoms with van der Waals surface area (Å²) in [4.78, 5) is 15.7. The van der Waals surface area contributed by atoms with Crippen molar-refractivity contribution < 1.29 is 9.53 Å². The molecule has 2 unspecified atom stereocenters. The van der Waals surface area contributed by atoms with Crippen LogP contribution in [0.15, 0.2) is 24.5 Å². The third-order valence-corrected chi connectivity index (χ3v) is 3.06. The van der Waals surface area contributed by atoms with E-state index in [2.05, 4.69) is 10.3 Å². The van der Waals surface area contributed by atoms with E-state index < -0.39 is 6.10 Å². The quantitative estimate of drug-likeness (QED) is 0.833. The van der Waals surface area contributed by atoms with Crippen LogP contribution in [0.5, 0.6) is 5.75 Å². The molecule has 1 aromatic heterocycles. The van der Waals surface area contributed by atoms with Crippen LogP contribution in [0.25, 0.3) is 0 Å². The fourth-order valence-corrected chi connectivity index (χ4v) is 1.73. The highest BCUT2D eigenvalue weighted by Gasteiger charge is 2.28. The highest BCUT2D eigenvalue weighted by atomic mass is 35.5. The highest BCUT2D eigenvalue weighted by molar-refractivity contribution is 5.85. The topological polar surface area (TPSA) is 77.2 Å². The number of hydrogen-bond acceptors (Lipinski definition) is 4. The first kappa shape index (κ1) is 19.0. The number of rotatable bonds is 6. The lowest BCUT2D eigenvalue weighted by Gasteiger charge is -2.16. The van der Waals surface area contributed by atoms with Gasteiger partial charge in [-0.3, -0.25) is 9.78 Å². The zero-order valence-electron chi connectivity index (χ0n) is 11.3. The fraction of sp³-hybridized carbons (Fsp3) is 0.538. The maximum atomic E-state index is 11.8. The van der Waals surface area contributed by atoms with Gasteiger partial charge in [0.1, 0.15) is 5.75 Å². The number of halogens is 2. The Morgan fingerprint density at radius 1 is 1.55 bits per heavy atom. The SMILES string of the molecule is CC(Oc1cccnc1)C(=O)NCC(N)C1CC1.Cl.Cl. The molecule has 1 aromatic rings. The Morgan fingerprint density at radius 2 is 2.25 bits per heavy atom. The molecule has 0 aliphatic heterocycles. The molecule has 1 amide bonds. The van der Waals surface area contributed by atoms with Crippen LogP contribution >= 0.6 is 24.8 Å². The van der Waals surface area contributed by atoms with Gasteiger partial charge in [-0.05, 0) is 37.8 Å². The number of aromatic nitrogens is 1. The van der Waals surface area contributed by atoms with Gasteiger partial charge in [-0.15, -0.1) is 24.8 Å². The number of nitrogens with one attached hydrogen (secondary N) is 1. The summed E-state index contributed by atoms with van der Waals surface area (Å²) in [6, 6.07) is 3.61. The summed E-state index contributed by atoms with van der Waals surface area (Å²) in [5.74, 6) is 1.03. The van der Waals surface area contributed by atoms with E-state index in [1.165, 1.54) is 12.8 Å². The van der Waals surface area contributed by atoms with Crippen LogP contribution in [0.3, 0.4) is 0 Å². The number of nitrogens with zero attached hydrogens (tertiary/aromatic N) is 1. The second-order valence-corrected chi connectivity index (χ2v) is 4.70. The maximum Gasteiger partial charge on any atom is 0.260 e. The Kier molecular flexibility index (Phi) is 8.53. The lowest BCUT2D eigenvalue weighted by Crippen LogP contribution is -2.43. The second kappa shape index (κ2) is 9.00. The minimum atomic E-state index is -0.541. The van der Waals surface area contributed by atoms with E-state index in [9.17, 15) is 4.79 Å². The zero-order valence-corrected chi connectivity index (χ0v) is 13.0. The predicted molar refractivity (Wildman–Crippen MR) is 82.5 cm³/mol. The van der Waals surface area contributed by atoms with Gasteiger partial charge in [0.25, 0.3) is 5.91 Å². The molecule has 5 nitrogen and oxygen atoms in total. The number of pyridine rings is 1. The Labute approximate surface area is 131 Å². The van der Waals surface area contributed by atoms with Crippen LogP contribution < -0.4 is 15.8 Å². The van der Waals surface area contributed by atoms with Crippen LogP contribution in [0.4, 0.5) is 0 Å². The number of ether oxygens (including phenoxy) is 1. The number of nitrogens with two attached hydrogens (primary N) is 1. The Bertz CT molecular complexity index is 402. The maximum absolute atomic E-state index is 11.8. The number of carbonyl (C=O) groups excluding carboxylic acids is 1. The molecule has 0 saturated heterocycles. The van der Waals surface area contributed by atoms with Gasteiger partial charge < -0.3 is 15.8 Å². The molecule has 7 heteroatoms. The van der Waals surface area contributed by atoms with Crippen LogP contribution in [0, 0.1) is 5.92 Å². The summed E-state index contributed by atoms with van der Waals surface area (Å²) < 4.78 is 5.47. The molecule has 0 radical (unpaired) electrons. The largest absolute Gasteiger partial charge is 0.479 e. The van der Waals surface area contributed by atoms with E-state index in [1.807, 2.05) is 0 Å². The summed E-state index contributed by atoms with van der Waals surface area (Å²) in [6.45, 7) is 2.23. The van der Waals surface area contributed by atoms with E-state index in [0.29, 0.717) is 18.2 Å². The third kappa shape index (κ3) is 5.94. The number of amides is 1. The molecule has 0 aromatic carbocycles. The third-order valence-electron chi connectivity index (χ3n) is 3.06. The van der Waals surface area contributed by atoms with Gasteiger partial charge >= 0.3 is 0 Å². The molecule has 2 rings (SSSR count). The molecule has 3 N–H and O–H groups in total. The Balaban J connectivity index is 0.00000180. The minimum absolute atomic E-state index is 0. The molecule has 1 heterocycles. The smallest absolute Gasteiger partial charge is 0.260 e. The van der Waals surface area contributed by atoms with E-state index >= 15 is 0 Å².